The molecule has 1 aromatic rings. The minimum absolute atomic E-state index is 0.139. The van der Waals surface area contributed by atoms with Gasteiger partial charge >= 0.3 is 17.5 Å². The van der Waals surface area contributed by atoms with E-state index >= 15 is 0 Å². The molecule has 2 amide bonds. The fraction of sp³-hybridized carbons (Fsp3) is 0.0833. The highest BCUT2D eigenvalue weighted by Gasteiger charge is 2.13. The standard InChI is InChI=1S/C12H12N4O5/c1-2-5-13-11(18)12(19)15-14-7-8-3-4-10(17)9(6-8)16(20)21/h2-4,6-7,17H,1,5H2,(H,13,18)(H,15,19)/b14-7+. The Kier molecular flexibility index (Phi) is 5.56. The van der Waals surface area contributed by atoms with Crippen LogP contribution < -0.4 is 10.7 Å². The summed E-state index contributed by atoms with van der Waals surface area (Å²) in [6, 6.07) is 3.55. The van der Waals surface area contributed by atoms with Crippen molar-refractivity contribution in [1.82, 2.24) is 10.7 Å². The van der Waals surface area contributed by atoms with Crippen molar-refractivity contribution in [2.24, 2.45) is 5.10 Å². The van der Waals surface area contributed by atoms with Crippen LogP contribution in [0.25, 0.3) is 0 Å². The quantitative estimate of drug-likeness (QED) is 0.232. The van der Waals surface area contributed by atoms with Crippen LogP contribution in [0.4, 0.5) is 5.69 Å². The third-order valence-corrected chi connectivity index (χ3v) is 2.19. The number of phenols is 1. The van der Waals surface area contributed by atoms with Gasteiger partial charge in [0.05, 0.1) is 11.1 Å². The van der Waals surface area contributed by atoms with E-state index in [4.69, 9.17) is 0 Å². The van der Waals surface area contributed by atoms with Crippen molar-refractivity contribution in [2.75, 3.05) is 6.54 Å². The lowest BCUT2D eigenvalue weighted by Crippen LogP contribution is -2.37. The molecule has 0 bridgehead atoms. The van der Waals surface area contributed by atoms with Gasteiger partial charge in [0.2, 0.25) is 0 Å². The summed E-state index contributed by atoms with van der Waals surface area (Å²) < 4.78 is 0. The molecular weight excluding hydrogens is 280 g/mol. The second kappa shape index (κ2) is 7.38. The van der Waals surface area contributed by atoms with Crippen molar-refractivity contribution in [3.63, 3.8) is 0 Å². The number of hydrogen-bond acceptors (Lipinski definition) is 6. The van der Waals surface area contributed by atoms with Crippen molar-refractivity contribution in [3.8, 4) is 5.75 Å². The number of carbonyl (C=O) groups is 2. The van der Waals surface area contributed by atoms with Gasteiger partial charge in [0.1, 0.15) is 0 Å². The summed E-state index contributed by atoms with van der Waals surface area (Å²) in [6.07, 6.45) is 2.51. The van der Waals surface area contributed by atoms with Gasteiger partial charge in [-0.3, -0.25) is 19.7 Å². The fourth-order valence-electron chi connectivity index (χ4n) is 1.23. The third kappa shape index (κ3) is 4.74. The molecule has 0 aliphatic carbocycles. The van der Waals surface area contributed by atoms with Gasteiger partial charge in [-0.05, 0) is 12.1 Å². The highest BCUT2D eigenvalue weighted by atomic mass is 16.6. The zero-order chi connectivity index (χ0) is 15.8. The van der Waals surface area contributed by atoms with E-state index in [2.05, 4.69) is 17.0 Å². The maximum Gasteiger partial charge on any atom is 0.329 e. The number of nitrogens with zero attached hydrogens (tertiary/aromatic N) is 2. The van der Waals surface area contributed by atoms with Gasteiger partial charge in [-0.2, -0.15) is 5.10 Å². The lowest BCUT2D eigenvalue weighted by atomic mass is 10.2. The summed E-state index contributed by atoms with van der Waals surface area (Å²) in [5, 5.41) is 25.6. The van der Waals surface area contributed by atoms with Gasteiger partial charge in [-0.15, -0.1) is 6.58 Å². The molecular formula is C12H12N4O5. The van der Waals surface area contributed by atoms with Crippen LogP contribution in [-0.2, 0) is 9.59 Å². The first-order valence-corrected chi connectivity index (χ1v) is 5.65. The number of hydrazone groups is 1. The maximum atomic E-state index is 11.2. The predicted molar refractivity (Wildman–Crippen MR) is 73.7 cm³/mol. The average Bonchev–Trinajstić information content (AvgIpc) is 2.45. The molecule has 21 heavy (non-hydrogen) atoms. The van der Waals surface area contributed by atoms with Crippen LogP contribution in [0.15, 0.2) is 36.0 Å². The van der Waals surface area contributed by atoms with Crippen LogP contribution in [0.1, 0.15) is 5.56 Å². The molecule has 0 aliphatic rings. The van der Waals surface area contributed by atoms with Crippen LogP contribution in [0, 0.1) is 10.1 Å². The summed E-state index contributed by atoms with van der Waals surface area (Å²) in [5.41, 5.74) is 1.73. The Hall–Kier alpha value is -3.23. The van der Waals surface area contributed by atoms with E-state index < -0.39 is 28.2 Å². The molecule has 0 saturated heterocycles. The van der Waals surface area contributed by atoms with Gasteiger partial charge in [0.15, 0.2) is 5.75 Å². The van der Waals surface area contributed by atoms with Crippen LogP contribution in [-0.4, -0.2) is 34.6 Å². The van der Waals surface area contributed by atoms with Gasteiger partial charge in [-0.25, -0.2) is 5.43 Å². The second-order valence-corrected chi connectivity index (χ2v) is 3.70. The molecule has 0 atom stereocenters. The highest BCUT2D eigenvalue weighted by molar-refractivity contribution is 6.35. The number of nitrogens with one attached hydrogen (secondary N) is 2. The number of carbonyl (C=O) groups excluding carboxylic acids is 2. The monoisotopic (exact) mass is 292 g/mol. The van der Waals surface area contributed by atoms with Gasteiger partial charge < -0.3 is 10.4 Å². The number of nitro benzene ring substituents is 1. The average molecular weight is 292 g/mol. The molecule has 0 aliphatic heterocycles. The Balaban J connectivity index is 2.67. The first-order chi connectivity index (χ1) is 9.95. The molecule has 0 spiro atoms. The summed E-state index contributed by atoms with van der Waals surface area (Å²) in [6.45, 7) is 3.51. The molecule has 0 fully saturated rings. The molecule has 0 saturated carbocycles. The summed E-state index contributed by atoms with van der Waals surface area (Å²) in [7, 11) is 0. The first-order valence-electron chi connectivity index (χ1n) is 5.65. The normalized spacial score (nSPS) is 10.1. The van der Waals surface area contributed by atoms with Gasteiger partial charge in [0, 0.05) is 18.2 Å². The van der Waals surface area contributed by atoms with Crippen molar-refractivity contribution < 1.29 is 19.6 Å². The molecule has 3 N–H and O–H groups in total. The van der Waals surface area contributed by atoms with E-state index in [0.717, 1.165) is 18.3 Å². The molecule has 9 nitrogen and oxygen atoms in total. The van der Waals surface area contributed by atoms with Crippen LogP contribution in [0.2, 0.25) is 0 Å². The van der Waals surface area contributed by atoms with E-state index in [0.29, 0.717) is 0 Å². The Morgan fingerprint density at radius 1 is 1.43 bits per heavy atom. The molecule has 0 aromatic heterocycles. The van der Waals surface area contributed by atoms with Gasteiger partial charge in [0.25, 0.3) is 0 Å². The molecule has 1 rings (SSSR count). The Labute approximate surface area is 119 Å². The number of amides is 2. The minimum Gasteiger partial charge on any atom is -0.502 e. The molecule has 110 valence electrons. The number of benzene rings is 1. The van der Waals surface area contributed by atoms with Crippen molar-refractivity contribution in [3.05, 3.63) is 46.5 Å². The van der Waals surface area contributed by atoms with E-state index in [1.165, 1.54) is 12.1 Å². The SMILES string of the molecule is C=CCNC(=O)C(=O)N/N=C/c1ccc(O)c([N+](=O)[O-])c1. The number of phenolic OH excluding ortho intramolecular Hbond substituents is 1. The fourth-order valence-corrected chi connectivity index (χ4v) is 1.23. The number of hydrogen-bond donors (Lipinski definition) is 3. The lowest BCUT2D eigenvalue weighted by molar-refractivity contribution is -0.385. The molecule has 1 aromatic carbocycles. The first kappa shape index (κ1) is 15.8. The Morgan fingerprint density at radius 2 is 2.14 bits per heavy atom. The molecule has 0 radical (unpaired) electrons. The number of nitro groups is 1. The van der Waals surface area contributed by atoms with Gasteiger partial charge in [-0.1, -0.05) is 6.08 Å². The van der Waals surface area contributed by atoms with E-state index in [9.17, 15) is 24.8 Å². The van der Waals surface area contributed by atoms with E-state index in [1.54, 1.807) is 0 Å². The summed E-state index contributed by atoms with van der Waals surface area (Å²) in [5.74, 6) is -2.35. The Morgan fingerprint density at radius 3 is 2.76 bits per heavy atom. The lowest BCUT2D eigenvalue weighted by Gasteiger charge is -2.00. The molecule has 0 heterocycles. The zero-order valence-electron chi connectivity index (χ0n) is 10.8. The minimum atomic E-state index is -0.985. The van der Waals surface area contributed by atoms with Crippen LogP contribution in [0.3, 0.4) is 0 Å². The van der Waals surface area contributed by atoms with E-state index in [-0.39, 0.29) is 12.1 Å². The summed E-state index contributed by atoms with van der Waals surface area (Å²) >= 11 is 0. The van der Waals surface area contributed by atoms with E-state index in [1.807, 2.05) is 5.43 Å². The number of rotatable bonds is 5. The number of aromatic hydroxyl groups is 1. The third-order valence-electron chi connectivity index (χ3n) is 2.19. The molecule has 9 heteroatoms. The van der Waals surface area contributed by atoms with Crippen LogP contribution >= 0.6 is 0 Å². The topological polar surface area (TPSA) is 134 Å². The second-order valence-electron chi connectivity index (χ2n) is 3.70. The van der Waals surface area contributed by atoms with Crippen LogP contribution in [0.5, 0.6) is 5.75 Å². The smallest absolute Gasteiger partial charge is 0.329 e. The zero-order valence-corrected chi connectivity index (χ0v) is 10.8. The molecule has 0 unspecified atom stereocenters. The van der Waals surface area contributed by atoms with Crippen molar-refractivity contribution in [2.45, 2.75) is 0 Å². The predicted octanol–water partition coefficient (Wildman–Crippen LogP) is 0.0527. The highest BCUT2D eigenvalue weighted by Crippen LogP contribution is 2.25. The Bertz CT molecular complexity index is 612. The summed E-state index contributed by atoms with van der Waals surface area (Å²) in [4.78, 5) is 32.3. The largest absolute Gasteiger partial charge is 0.502 e. The van der Waals surface area contributed by atoms with Crippen molar-refractivity contribution in [1.29, 1.82) is 0 Å². The maximum absolute atomic E-state index is 11.2. The van der Waals surface area contributed by atoms with Crippen molar-refractivity contribution >= 4 is 23.7 Å².